The summed E-state index contributed by atoms with van der Waals surface area (Å²) in [7, 11) is 0. The minimum atomic E-state index is 0. The van der Waals surface area contributed by atoms with Crippen molar-refractivity contribution in [3.63, 3.8) is 0 Å². The molecule has 5 heteroatoms. The molecular formula is C2H2KN2NaS. The SMILES string of the molecule is N#CSC#N.[H-].[H-].[K+].[Na+]. The summed E-state index contributed by atoms with van der Waals surface area (Å²) in [5.41, 5.74) is 0. The molecule has 0 aliphatic heterocycles. The van der Waals surface area contributed by atoms with Crippen LogP contribution >= 0.6 is 11.8 Å². The van der Waals surface area contributed by atoms with Gasteiger partial charge in [0.15, 0.2) is 0 Å². The first-order valence-electron chi connectivity index (χ1n) is 0.855. The van der Waals surface area contributed by atoms with E-state index in [4.69, 9.17) is 10.5 Å². The Balaban J connectivity index is -0.0000000133. The van der Waals surface area contributed by atoms with E-state index in [9.17, 15) is 0 Å². The summed E-state index contributed by atoms with van der Waals surface area (Å²) in [6.45, 7) is 0. The Morgan fingerprint density at radius 1 is 1.29 bits per heavy atom. The van der Waals surface area contributed by atoms with Crippen LogP contribution in [-0.4, -0.2) is 0 Å². The van der Waals surface area contributed by atoms with Gasteiger partial charge >= 0.3 is 80.9 Å². The van der Waals surface area contributed by atoms with Gasteiger partial charge in [0, 0.05) is 0 Å². The van der Waals surface area contributed by atoms with Crippen molar-refractivity contribution in [3.05, 3.63) is 0 Å². The number of thiocyanates is 2. The topological polar surface area (TPSA) is 47.6 Å². The van der Waals surface area contributed by atoms with E-state index in [2.05, 4.69) is 0 Å². The Hall–Kier alpha value is 1.97. The third-order valence-electron chi connectivity index (χ3n) is 0.0913. The summed E-state index contributed by atoms with van der Waals surface area (Å²) >= 11 is 0.574. The van der Waals surface area contributed by atoms with Crippen LogP contribution in [0.25, 0.3) is 0 Å². The van der Waals surface area contributed by atoms with Crippen molar-refractivity contribution in [1.29, 1.82) is 10.5 Å². The smallest absolute Gasteiger partial charge is 1.00 e. The van der Waals surface area contributed by atoms with Gasteiger partial charge in [-0.05, 0) is 0 Å². The molecule has 0 spiro atoms. The second kappa shape index (κ2) is 15.7. The van der Waals surface area contributed by atoms with E-state index in [0.717, 1.165) is 0 Å². The Morgan fingerprint density at radius 3 is 1.57 bits per heavy atom. The van der Waals surface area contributed by atoms with E-state index in [1.54, 1.807) is 10.8 Å². The van der Waals surface area contributed by atoms with E-state index in [1.165, 1.54) is 0 Å². The van der Waals surface area contributed by atoms with Gasteiger partial charge in [-0.1, -0.05) is 0 Å². The van der Waals surface area contributed by atoms with E-state index < -0.39 is 0 Å². The van der Waals surface area contributed by atoms with Crippen molar-refractivity contribution < 1.29 is 83.8 Å². The third-order valence-corrected chi connectivity index (χ3v) is 0.274. The minimum absolute atomic E-state index is 0. The Bertz CT molecular complexity index is 87.7. The molecule has 0 saturated carbocycles. The Morgan fingerprint density at radius 2 is 1.57 bits per heavy atom. The summed E-state index contributed by atoms with van der Waals surface area (Å²) in [6.07, 6.45) is 0. The fourth-order valence-electron chi connectivity index (χ4n) is 0.0204. The monoisotopic (exact) mass is 148 g/mol. The van der Waals surface area contributed by atoms with Crippen LogP contribution in [0.4, 0.5) is 0 Å². The quantitative estimate of drug-likeness (QED) is 0.255. The summed E-state index contributed by atoms with van der Waals surface area (Å²) in [5, 5.41) is 18.3. The van der Waals surface area contributed by atoms with Crippen molar-refractivity contribution in [2.75, 3.05) is 0 Å². The zero-order valence-electron chi connectivity index (χ0n) is 6.30. The molecule has 0 aromatic heterocycles. The molecule has 0 aliphatic carbocycles. The van der Waals surface area contributed by atoms with Crippen molar-refractivity contribution in [3.8, 4) is 10.8 Å². The molecule has 0 fully saturated rings. The molecule has 0 aromatic carbocycles. The zero-order valence-corrected chi connectivity index (χ0v) is 10.2. The van der Waals surface area contributed by atoms with Crippen molar-refractivity contribution >= 4 is 11.8 Å². The van der Waals surface area contributed by atoms with Gasteiger partial charge in [-0.15, -0.1) is 0 Å². The van der Waals surface area contributed by atoms with Crippen LogP contribution in [-0.2, 0) is 0 Å². The van der Waals surface area contributed by atoms with Gasteiger partial charge < -0.3 is 2.85 Å². The summed E-state index contributed by atoms with van der Waals surface area (Å²) < 4.78 is 0. The second-order valence-corrected chi connectivity index (χ2v) is 0.854. The summed E-state index contributed by atoms with van der Waals surface area (Å²) in [4.78, 5) is 0. The molecule has 0 amide bonds. The van der Waals surface area contributed by atoms with E-state index in [-0.39, 0.29) is 83.8 Å². The van der Waals surface area contributed by atoms with Crippen molar-refractivity contribution in [1.82, 2.24) is 0 Å². The fraction of sp³-hybridized carbons (Fsp3) is 0. The molecule has 0 N–H and O–H groups in total. The first kappa shape index (κ1) is 16.0. The number of rotatable bonds is 0. The maximum Gasteiger partial charge on any atom is 1.00 e. The van der Waals surface area contributed by atoms with Crippen LogP contribution in [0.2, 0.25) is 0 Å². The van der Waals surface area contributed by atoms with Crippen molar-refractivity contribution in [2.24, 2.45) is 0 Å². The van der Waals surface area contributed by atoms with Crippen LogP contribution in [0.5, 0.6) is 0 Å². The number of nitriles is 2. The van der Waals surface area contributed by atoms with Crippen LogP contribution in [0, 0.1) is 21.3 Å². The average molecular weight is 148 g/mol. The molecule has 0 aromatic rings. The molecule has 0 rings (SSSR count). The van der Waals surface area contributed by atoms with Gasteiger partial charge in [-0.3, -0.25) is 0 Å². The zero-order chi connectivity index (χ0) is 4.12. The van der Waals surface area contributed by atoms with E-state index >= 15 is 0 Å². The first-order valence-corrected chi connectivity index (χ1v) is 1.67. The summed E-state index contributed by atoms with van der Waals surface area (Å²) in [6, 6.07) is 0. The second-order valence-electron chi connectivity index (χ2n) is 0.285. The van der Waals surface area contributed by atoms with Gasteiger partial charge in [-0.2, -0.15) is 10.5 Å². The third kappa shape index (κ3) is 18.0. The standard InChI is InChI=1S/C2N2S.K.Na.2H/c3-1-5-2-4;;;;/q;2*+1;2*-1. The van der Waals surface area contributed by atoms with Gasteiger partial charge in [0.2, 0.25) is 0 Å². The number of nitrogens with zero attached hydrogens (tertiary/aromatic N) is 2. The number of hydrogen-bond acceptors (Lipinski definition) is 3. The molecule has 0 bridgehead atoms. The van der Waals surface area contributed by atoms with E-state index in [0.29, 0.717) is 11.8 Å². The molecule has 0 heterocycles. The largest absolute Gasteiger partial charge is 1.00 e. The molecule has 0 saturated heterocycles. The van der Waals surface area contributed by atoms with Crippen LogP contribution in [0.15, 0.2) is 0 Å². The minimum Gasteiger partial charge on any atom is -1.00 e. The predicted molar refractivity (Wildman–Crippen MR) is 21.0 cm³/mol. The molecule has 0 aliphatic rings. The first-order chi connectivity index (χ1) is 2.41. The Kier molecular flexibility index (Phi) is 35.8. The van der Waals surface area contributed by atoms with Crippen LogP contribution < -0.4 is 80.9 Å². The number of hydrogen-bond donors (Lipinski definition) is 0. The van der Waals surface area contributed by atoms with Gasteiger partial charge in [0.25, 0.3) is 0 Å². The molecule has 2 nitrogen and oxygen atoms in total. The number of thioether (sulfide) groups is 1. The van der Waals surface area contributed by atoms with Crippen LogP contribution in [0.1, 0.15) is 2.85 Å². The fourth-order valence-corrected chi connectivity index (χ4v) is 0.0612. The molecule has 0 radical (unpaired) electrons. The molecule has 0 atom stereocenters. The molecule has 7 heavy (non-hydrogen) atoms. The van der Waals surface area contributed by atoms with Crippen LogP contribution in [0.3, 0.4) is 0 Å². The molecule has 0 unspecified atom stereocenters. The predicted octanol–water partition coefficient (Wildman–Crippen LogP) is -5.09. The van der Waals surface area contributed by atoms with Crippen molar-refractivity contribution in [2.45, 2.75) is 0 Å². The van der Waals surface area contributed by atoms with Gasteiger partial charge in [-0.25, -0.2) is 0 Å². The molecule has 28 valence electrons. The average Bonchev–Trinajstić information content (AvgIpc) is 1.41. The van der Waals surface area contributed by atoms with Gasteiger partial charge in [0.05, 0.1) is 11.8 Å². The summed E-state index contributed by atoms with van der Waals surface area (Å²) in [5.74, 6) is 0. The maximum absolute atomic E-state index is 7.56. The van der Waals surface area contributed by atoms with Gasteiger partial charge in [0.1, 0.15) is 10.8 Å². The maximum atomic E-state index is 7.56. The Labute approximate surface area is 114 Å². The normalized spacial score (nSPS) is 3.14. The molecular weight excluding hydrogens is 146 g/mol. The van der Waals surface area contributed by atoms with E-state index in [1.807, 2.05) is 0 Å².